The number of fused-ring (bicyclic) bond motifs is 5. The zero-order chi connectivity index (χ0) is 17.7. The van der Waals surface area contributed by atoms with Gasteiger partial charge in [0.15, 0.2) is 5.78 Å². The van der Waals surface area contributed by atoms with Crippen molar-refractivity contribution in [2.45, 2.75) is 19.4 Å². The molecule has 0 aromatic carbocycles. The van der Waals surface area contributed by atoms with Crippen LogP contribution in [0.4, 0.5) is 0 Å². The molecular weight excluding hydrogens is 384 g/mol. The normalized spacial score (nSPS) is 14.8. The van der Waals surface area contributed by atoms with Crippen LogP contribution in [0.1, 0.15) is 32.0 Å². The molecule has 5 rings (SSSR count). The average molecular weight is 401 g/mol. The fourth-order valence-corrected chi connectivity index (χ4v) is 4.44. The van der Waals surface area contributed by atoms with Crippen LogP contribution in [0.3, 0.4) is 0 Å². The van der Waals surface area contributed by atoms with Gasteiger partial charge in [0.05, 0.1) is 18.8 Å². The topological polar surface area (TPSA) is 68.1 Å². The first-order valence-electron chi connectivity index (χ1n) is 8.60. The van der Waals surface area contributed by atoms with Gasteiger partial charge in [-0.3, -0.25) is 19.3 Å². The lowest BCUT2D eigenvalue weighted by molar-refractivity contribution is 0.0657. The van der Waals surface area contributed by atoms with E-state index in [2.05, 4.69) is 4.98 Å². The van der Waals surface area contributed by atoms with Crippen molar-refractivity contribution in [2.75, 3.05) is 13.1 Å². The number of hydrogen-bond donors (Lipinski definition) is 0. The summed E-state index contributed by atoms with van der Waals surface area (Å²) in [5, 5.41) is 8.41. The van der Waals surface area contributed by atoms with E-state index in [-0.39, 0.29) is 30.6 Å². The number of thiophene rings is 1. The summed E-state index contributed by atoms with van der Waals surface area (Å²) in [6.07, 6.45) is 5.28. The van der Waals surface area contributed by atoms with Crippen molar-refractivity contribution in [1.82, 2.24) is 19.7 Å². The monoisotopic (exact) mass is 400 g/mol. The molecule has 3 aromatic heterocycles. The highest BCUT2D eigenvalue weighted by atomic mass is 35.5. The van der Waals surface area contributed by atoms with Crippen LogP contribution >= 0.6 is 23.7 Å². The number of carbonyl (C=O) groups is 2. The smallest absolute Gasteiger partial charge is 0.272 e. The van der Waals surface area contributed by atoms with Crippen LogP contribution in [0.2, 0.25) is 0 Å². The Kier molecular flexibility index (Phi) is 4.57. The van der Waals surface area contributed by atoms with E-state index in [4.69, 9.17) is 5.10 Å². The van der Waals surface area contributed by atoms with E-state index in [1.165, 1.54) is 16.9 Å². The Morgan fingerprint density at radius 1 is 1.22 bits per heavy atom. The lowest BCUT2D eigenvalue weighted by Gasteiger charge is -2.27. The summed E-state index contributed by atoms with van der Waals surface area (Å²) in [4.78, 5) is 31.3. The number of halogens is 1. The summed E-state index contributed by atoms with van der Waals surface area (Å²) < 4.78 is 1.81. The van der Waals surface area contributed by atoms with Crippen LogP contribution in [-0.2, 0) is 19.4 Å². The van der Waals surface area contributed by atoms with Crippen LogP contribution in [0, 0.1) is 0 Å². The Morgan fingerprint density at radius 3 is 2.93 bits per heavy atom. The van der Waals surface area contributed by atoms with Crippen molar-refractivity contribution in [3.63, 3.8) is 0 Å². The molecule has 1 amide bonds. The van der Waals surface area contributed by atoms with Crippen LogP contribution in [0.25, 0.3) is 11.3 Å². The molecular formula is C19H17ClN4O2S. The van der Waals surface area contributed by atoms with Gasteiger partial charge in [0, 0.05) is 41.0 Å². The summed E-state index contributed by atoms with van der Waals surface area (Å²) in [6, 6.07) is 3.77. The van der Waals surface area contributed by atoms with Gasteiger partial charge in [-0.2, -0.15) is 16.4 Å². The minimum Gasteiger partial charge on any atom is -0.328 e. The predicted molar refractivity (Wildman–Crippen MR) is 105 cm³/mol. The number of ketones is 1. The molecule has 4 heterocycles. The number of carbonyl (C=O) groups excluding carboxylic acids is 2. The van der Waals surface area contributed by atoms with E-state index >= 15 is 0 Å². The van der Waals surface area contributed by atoms with E-state index in [1.807, 2.05) is 27.7 Å². The van der Waals surface area contributed by atoms with Crippen molar-refractivity contribution in [3.05, 3.63) is 57.7 Å². The van der Waals surface area contributed by atoms with Crippen LogP contribution in [0.15, 0.2) is 35.3 Å². The van der Waals surface area contributed by atoms with E-state index in [0.29, 0.717) is 24.3 Å². The Balaban J connectivity index is 0.00000180. The molecule has 3 aromatic rings. The third-order valence-electron chi connectivity index (χ3n) is 5.10. The number of hydrogen-bond acceptors (Lipinski definition) is 5. The second kappa shape index (κ2) is 6.90. The van der Waals surface area contributed by atoms with Gasteiger partial charge in [-0.05, 0) is 35.9 Å². The summed E-state index contributed by atoms with van der Waals surface area (Å²) in [5.41, 5.74) is 5.45. The van der Waals surface area contributed by atoms with Gasteiger partial charge >= 0.3 is 0 Å². The third-order valence-corrected chi connectivity index (χ3v) is 5.79. The fraction of sp³-hybridized carbons (Fsp3) is 0.263. The maximum atomic E-state index is 13.1. The standard InChI is InChI=1S/C19H16N4O2S.ClH/c24-16(13-4-8-26-11-13)10-22-6-7-23-18(19(22)25)15-2-1-12-9-20-5-3-14(12)17(15)21-23;/h3-5,8-9,11H,1-2,6-7,10H2;1H. The number of nitrogens with zero attached hydrogens (tertiary/aromatic N) is 4. The molecule has 0 radical (unpaired) electrons. The Hall–Kier alpha value is -2.51. The molecule has 6 nitrogen and oxygen atoms in total. The summed E-state index contributed by atoms with van der Waals surface area (Å²) >= 11 is 1.49. The van der Waals surface area contributed by atoms with E-state index < -0.39 is 0 Å². The van der Waals surface area contributed by atoms with Gasteiger partial charge in [-0.1, -0.05) is 0 Å². The Bertz CT molecular complexity index is 1030. The SMILES string of the molecule is Cl.O=C(CN1CCn2nc3c(c2C1=O)CCc1cnccc1-3)c1ccsc1. The van der Waals surface area contributed by atoms with Crippen molar-refractivity contribution in [3.8, 4) is 11.3 Å². The lowest BCUT2D eigenvalue weighted by atomic mass is 9.90. The summed E-state index contributed by atoms with van der Waals surface area (Å²) in [6.45, 7) is 1.24. The molecule has 0 fully saturated rings. The number of rotatable bonds is 3. The van der Waals surface area contributed by atoms with Crippen molar-refractivity contribution < 1.29 is 9.59 Å². The number of aryl methyl sites for hydroxylation is 1. The molecule has 2 aliphatic rings. The van der Waals surface area contributed by atoms with Gasteiger partial charge in [-0.25, -0.2) is 0 Å². The zero-order valence-corrected chi connectivity index (χ0v) is 16.1. The summed E-state index contributed by atoms with van der Waals surface area (Å²) in [5.74, 6) is -0.107. The highest BCUT2D eigenvalue weighted by Crippen LogP contribution is 2.35. The molecule has 0 saturated heterocycles. The maximum Gasteiger partial charge on any atom is 0.272 e. The van der Waals surface area contributed by atoms with Gasteiger partial charge in [0.1, 0.15) is 5.69 Å². The second-order valence-electron chi connectivity index (χ2n) is 6.59. The first-order valence-corrected chi connectivity index (χ1v) is 9.54. The molecule has 1 aliphatic carbocycles. The molecule has 0 N–H and O–H groups in total. The first-order chi connectivity index (χ1) is 12.7. The fourth-order valence-electron chi connectivity index (χ4n) is 3.78. The molecule has 27 heavy (non-hydrogen) atoms. The quantitative estimate of drug-likeness (QED) is 0.634. The van der Waals surface area contributed by atoms with Crippen molar-refractivity contribution in [1.29, 1.82) is 0 Å². The van der Waals surface area contributed by atoms with Crippen LogP contribution in [0.5, 0.6) is 0 Å². The largest absolute Gasteiger partial charge is 0.328 e. The second-order valence-corrected chi connectivity index (χ2v) is 7.37. The van der Waals surface area contributed by atoms with Crippen LogP contribution < -0.4 is 0 Å². The number of pyridine rings is 1. The zero-order valence-electron chi connectivity index (χ0n) is 14.4. The highest BCUT2D eigenvalue weighted by molar-refractivity contribution is 7.08. The Labute approximate surface area is 166 Å². The van der Waals surface area contributed by atoms with Gasteiger partial charge in [0.2, 0.25) is 0 Å². The Morgan fingerprint density at radius 2 is 2.11 bits per heavy atom. The minimum atomic E-state index is -0.0916. The average Bonchev–Trinajstić information content (AvgIpc) is 3.32. The highest BCUT2D eigenvalue weighted by Gasteiger charge is 2.34. The van der Waals surface area contributed by atoms with Crippen LogP contribution in [-0.4, -0.2) is 44.4 Å². The predicted octanol–water partition coefficient (Wildman–Crippen LogP) is 2.87. The van der Waals surface area contributed by atoms with E-state index in [0.717, 1.165) is 29.7 Å². The van der Waals surface area contributed by atoms with Gasteiger partial charge in [0.25, 0.3) is 5.91 Å². The van der Waals surface area contributed by atoms with Crippen molar-refractivity contribution >= 4 is 35.4 Å². The number of aromatic nitrogens is 3. The molecule has 138 valence electrons. The molecule has 8 heteroatoms. The lowest BCUT2D eigenvalue weighted by Crippen LogP contribution is -2.43. The molecule has 0 bridgehead atoms. The molecule has 1 aliphatic heterocycles. The first kappa shape index (κ1) is 17.9. The maximum absolute atomic E-state index is 13.1. The summed E-state index contributed by atoms with van der Waals surface area (Å²) in [7, 11) is 0. The number of amides is 1. The van der Waals surface area contributed by atoms with Gasteiger partial charge < -0.3 is 4.90 Å². The third kappa shape index (κ3) is 2.87. The molecule has 0 spiro atoms. The minimum absolute atomic E-state index is 0. The molecule has 0 saturated carbocycles. The van der Waals surface area contributed by atoms with Crippen molar-refractivity contribution in [2.24, 2.45) is 0 Å². The van der Waals surface area contributed by atoms with E-state index in [1.54, 1.807) is 17.2 Å². The molecule has 0 atom stereocenters. The van der Waals surface area contributed by atoms with Gasteiger partial charge in [-0.15, -0.1) is 12.4 Å². The molecule has 0 unspecified atom stereocenters. The number of Topliss-reactive ketones (excluding diaryl/α,β-unsaturated/α-hetero) is 1. The van der Waals surface area contributed by atoms with E-state index in [9.17, 15) is 9.59 Å².